The zero-order valence-corrected chi connectivity index (χ0v) is 17.5. The minimum atomic E-state index is -0.208. The molecular weight excluding hydrogens is 402 g/mol. The molecule has 4 rings (SSSR count). The molecule has 0 saturated carbocycles. The summed E-state index contributed by atoms with van der Waals surface area (Å²) >= 11 is 6.05. The third-order valence-electron chi connectivity index (χ3n) is 5.45. The van der Waals surface area contributed by atoms with Gasteiger partial charge in [0.1, 0.15) is 5.58 Å². The Morgan fingerprint density at radius 2 is 1.87 bits per heavy atom. The molecule has 0 radical (unpaired) electrons. The van der Waals surface area contributed by atoms with Gasteiger partial charge in [-0.25, -0.2) is 0 Å². The smallest absolute Gasteiger partial charge is 0.287 e. The van der Waals surface area contributed by atoms with Gasteiger partial charge >= 0.3 is 0 Å². The second kappa shape index (κ2) is 8.90. The Kier molecular flexibility index (Phi) is 6.06. The van der Waals surface area contributed by atoms with Crippen LogP contribution in [0.1, 0.15) is 29.0 Å². The molecule has 1 fully saturated rings. The number of fused-ring (bicyclic) bond motifs is 1. The first-order valence-electron chi connectivity index (χ1n) is 10.1. The Morgan fingerprint density at radius 1 is 1.13 bits per heavy atom. The van der Waals surface area contributed by atoms with Gasteiger partial charge in [-0.15, -0.1) is 0 Å². The zero-order valence-electron chi connectivity index (χ0n) is 16.8. The molecule has 1 aliphatic rings. The quantitative estimate of drug-likeness (QED) is 0.641. The van der Waals surface area contributed by atoms with Crippen molar-refractivity contribution in [2.75, 3.05) is 25.0 Å². The van der Waals surface area contributed by atoms with E-state index in [1.165, 1.54) is 0 Å². The Bertz CT molecular complexity index is 1060. The highest BCUT2D eigenvalue weighted by atomic mass is 35.5. The number of carbonyl (C=O) groups excluding carboxylic acids is 2. The van der Waals surface area contributed by atoms with E-state index in [4.69, 9.17) is 16.0 Å². The van der Waals surface area contributed by atoms with Crippen molar-refractivity contribution in [3.8, 4) is 0 Å². The average Bonchev–Trinajstić information content (AvgIpc) is 3.06. The summed E-state index contributed by atoms with van der Waals surface area (Å²) in [5.74, 6) is 0.0947. The van der Waals surface area contributed by atoms with E-state index in [0.29, 0.717) is 22.9 Å². The van der Waals surface area contributed by atoms with Crippen LogP contribution in [0.5, 0.6) is 0 Å². The fraction of sp³-hybridized carbons (Fsp3) is 0.304. The van der Waals surface area contributed by atoms with Crippen LogP contribution in [0.3, 0.4) is 0 Å². The number of likely N-dealkylation sites (tertiary alicyclic amines) is 1. The lowest BCUT2D eigenvalue weighted by atomic mass is 10.0. The lowest BCUT2D eigenvalue weighted by molar-refractivity contribution is -0.117. The van der Waals surface area contributed by atoms with Crippen molar-refractivity contribution in [1.29, 1.82) is 0 Å². The zero-order chi connectivity index (χ0) is 21.1. The minimum absolute atomic E-state index is 0.0275. The highest BCUT2D eigenvalue weighted by molar-refractivity contribution is 6.31. The van der Waals surface area contributed by atoms with Crippen LogP contribution in [0, 0.1) is 6.92 Å². The largest absolute Gasteiger partial charge is 0.451 e. The number of halogens is 1. The van der Waals surface area contributed by atoms with Crippen molar-refractivity contribution in [1.82, 2.24) is 10.2 Å². The molecule has 30 heavy (non-hydrogen) atoms. The fourth-order valence-electron chi connectivity index (χ4n) is 3.82. The van der Waals surface area contributed by atoms with Gasteiger partial charge in [-0.1, -0.05) is 29.8 Å². The van der Waals surface area contributed by atoms with Crippen molar-refractivity contribution >= 4 is 40.1 Å². The first-order valence-corrected chi connectivity index (χ1v) is 10.4. The van der Waals surface area contributed by atoms with Crippen molar-refractivity contribution in [2.45, 2.75) is 25.8 Å². The number of rotatable bonds is 5. The minimum Gasteiger partial charge on any atom is -0.451 e. The standard InChI is InChI=1S/C23H24ClN3O3/c1-15-19-13-16(24)7-8-20(19)30-22(15)23(29)26-18-9-11-27(12-10-18)14-21(28)25-17-5-3-2-4-6-17/h2-8,13,18H,9-12,14H2,1H3,(H,25,28)(H,26,29). The van der Waals surface area contributed by atoms with Crippen molar-refractivity contribution in [2.24, 2.45) is 0 Å². The molecular formula is C23H24ClN3O3. The molecule has 1 aliphatic heterocycles. The number of nitrogens with zero attached hydrogens (tertiary/aromatic N) is 1. The Hall–Kier alpha value is -2.83. The maximum absolute atomic E-state index is 12.7. The monoisotopic (exact) mass is 425 g/mol. The van der Waals surface area contributed by atoms with Gasteiger partial charge in [-0.3, -0.25) is 14.5 Å². The number of amides is 2. The molecule has 0 spiro atoms. The van der Waals surface area contributed by atoms with Crippen LogP contribution in [0.4, 0.5) is 5.69 Å². The number of anilines is 1. The number of benzene rings is 2. The van der Waals surface area contributed by atoms with Crippen LogP contribution in [-0.4, -0.2) is 42.4 Å². The predicted octanol–water partition coefficient (Wildman–Crippen LogP) is 4.23. The molecule has 2 aromatic carbocycles. The van der Waals surface area contributed by atoms with Gasteiger partial charge in [0.2, 0.25) is 5.91 Å². The maximum atomic E-state index is 12.7. The van der Waals surface area contributed by atoms with Crippen molar-refractivity contribution in [3.63, 3.8) is 0 Å². The number of para-hydroxylation sites is 1. The van der Waals surface area contributed by atoms with Gasteiger partial charge in [-0.05, 0) is 50.1 Å². The average molecular weight is 426 g/mol. The molecule has 0 unspecified atom stereocenters. The highest BCUT2D eigenvalue weighted by Crippen LogP contribution is 2.28. The van der Waals surface area contributed by atoms with E-state index in [1.807, 2.05) is 43.3 Å². The molecule has 2 amide bonds. The molecule has 6 nitrogen and oxygen atoms in total. The molecule has 1 saturated heterocycles. The van der Waals surface area contributed by atoms with Gasteiger partial charge in [0.05, 0.1) is 6.54 Å². The summed E-state index contributed by atoms with van der Waals surface area (Å²) in [5.41, 5.74) is 2.24. The van der Waals surface area contributed by atoms with Gasteiger partial charge < -0.3 is 15.1 Å². The van der Waals surface area contributed by atoms with Crippen LogP contribution in [0.15, 0.2) is 52.9 Å². The van der Waals surface area contributed by atoms with Gasteiger partial charge in [0.15, 0.2) is 5.76 Å². The van der Waals surface area contributed by atoms with E-state index < -0.39 is 0 Å². The first-order chi connectivity index (χ1) is 14.5. The Morgan fingerprint density at radius 3 is 2.60 bits per heavy atom. The van der Waals surface area contributed by atoms with Crippen LogP contribution >= 0.6 is 11.6 Å². The number of piperidine rings is 1. The van der Waals surface area contributed by atoms with Crippen LogP contribution in [0.25, 0.3) is 11.0 Å². The van der Waals surface area contributed by atoms with E-state index in [-0.39, 0.29) is 17.9 Å². The molecule has 2 N–H and O–H groups in total. The number of carbonyl (C=O) groups is 2. The third-order valence-corrected chi connectivity index (χ3v) is 5.69. The topological polar surface area (TPSA) is 74.6 Å². The van der Waals surface area contributed by atoms with Gasteiger partial charge in [-0.2, -0.15) is 0 Å². The summed E-state index contributed by atoms with van der Waals surface area (Å²) < 4.78 is 5.75. The van der Waals surface area contributed by atoms with Gasteiger partial charge in [0.25, 0.3) is 5.91 Å². The summed E-state index contributed by atoms with van der Waals surface area (Å²) in [4.78, 5) is 27.1. The second-order valence-corrected chi connectivity index (χ2v) is 8.07. The molecule has 0 aliphatic carbocycles. The Balaban J connectivity index is 1.29. The number of aryl methyl sites for hydroxylation is 1. The molecule has 2 heterocycles. The van der Waals surface area contributed by atoms with E-state index in [1.54, 1.807) is 12.1 Å². The number of nitrogens with one attached hydrogen (secondary N) is 2. The number of furan rings is 1. The fourth-order valence-corrected chi connectivity index (χ4v) is 3.99. The molecule has 0 bridgehead atoms. The predicted molar refractivity (Wildman–Crippen MR) is 118 cm³/mol. The van der Waals surface area contributed by atoms with E-state index in [2.05, 4.69) is 15.5 Å². The highest BCUT2D eigenvalue weighted by Gasteiger charge is 2.25. The van der Waals surface area contributed by atoms with Crippen LogP contribution in [-0.2, 0) is 4.79 Å². The molecule has 3 aromatic rings. The second-order valence-electron chi connectivity index (χ2n) is 7.63. The summed E-state index contributed by atoms with van der Waals surface area (Å²) in [6, 6.07) is 14.8. The molecule has 7 heteroatoms. The first kappa shape index (κ1) is 20.4. The summed E-state index contributed by atoms with van der Waals surface area (Å²) in [7, 11) is 0. The van der Waals surface area contributed by atoms with Crippen LogP contribution in [0.2, 0.25) is 5.02 Å². The van der Waals surface area contributed by atoms with E-state index in [0.717, 1.165) is 42.6 Å². The van der Waals surface area contributed by atoms with Gasteiger partial charge in [0, 0.05) is 40.8 Å². The number of hydrogen-bond donors (Lipinski definition) is 2. The van der Waals surface area contributed by atoms with E-state index in [9.17, 15) is 9.59 Å². The number of hydrogen-bond acceptors (Lipinski definition) is 4. The summed E-state index contributed by atoms with van der Waals surface area (Å²) in [5, 5.41) is 7.44. The molecule has 0 atom stereocenters. The molecule has 156 valence electrons. The third kappa shape index (κ3) is 4.66. The maximum Gasteiger partial charge on any atom is 0.287 e. The van der Waals surface area contributed by atoms with Crippen molar-refractivity contribution < 1.29 is 14.0 Å². The lowest BCUT2D eigenvalue weighted by Crippen LogP contribution is -2.46. The Labute approximate surface area is 180 Å². The summed E-state index contributed by atoms with van der Waals surface area (Å²) in [6.07, 6.45) is 1.57. The normalized spacial score (nSPS) is 15.3. The van der Waals surface area contributed by atoms with Crippen molar-refractivity contribution in [3.05, 3.63) is 64.9 Å². The summed E-state index contributed by atoms with van der Waals surface area (Å²) in [6.45, 7) is 3.72. The molecule has 1 aromatic heterocycles. The lowest BCUT2D eigenvalue weighted by Gasteiger charge is -2.31. The SMILES string of the molecule is Cc1c(C(=O)NC2CCN(CC(=O)Nc3ccccc3)CC2)oc2ccc(Cl)cc12. The van der Waals surface area contributed by atoms with E-state index >= 15 is 0 Å². The van der Waals surface area contributed by atoms with Crippen LogP contribution < -0.4 is 10.6 Å².